The molecule has 29 heavy (non-hydrogen) atoms. The molecule has 8 heteroatoms. The molecule has 0 fully saturated rings. The van der Waals surface area contributed by atoms with Gasteiger partial charge in [-0.15, -0.1) is 0 Å². The fourth-order valence-electron chi connectivity index (χ4n) is 2.62. The third kappa shape index (κ3) is 5.56. The molecule has 0 radical (unpaired) electrons. The molecule has 7 nitrogen and oxygen atoms in total. The van der Waals surface area contributed by atoms with Crippen molar-refractivity contribution >= 4 is 23.4 Å². The summed E-state index contributed by atoms with van der Waals surface area (Å²) in [5, 5.41) is 10.1. The molecule has 0 spiro atoms. The van der Waals surface area contributed by atoms with Crippen LogP contribution >= 0.6 is 11.6 Å². The van der Waals surface area contributed by atoms with Crippen molar-refractivity contribution in [2.24, 2.45) is 5.92 Å². The molecule has 1 aromatic heterocycles. The maximum Gasteiger partial charge on any atom is 0.253 e. The van der Waals surface area contributed by atoms with Crippen molar-refractivity contribution < 1.29 is 14.1 Å². The number of hydrogen-bond acceptors (Lipinski definition) is 5. The van der Waals surface area contributed by atoms with Crippen LogP contribution in [0.1, 0.15) is 70.5 Å². The largest absolute Gasteiger partial charge is 0.342 e. The zero-order valence-electron chi connectivity index (χ0n) is 18.0. The molecule has 0 aliphatic heterocycles. The SMILES string of the molecule is CC(C)C(NC(=O)c1ccccc1Cl)C(=O)NC(C)(C)c1noc(C(C)(C)C)n1. The Morgan fingerprint density at radius 3 is 2.24 bits per heavy atom. The number of nitrogens with one attached hydrogen (secondary N) is 2. The normalized spacial score (nSPS) is 13.3. The molecular weight excluding hydrogens is 392 g/mol. The minimum absolute atomic E-state index is 0.146. The quantitative estimate of drug-likeness (QED) is 0.740. The first-order chi connectivity index (χ1) is 13.3. The molecule has 158 valence electrons. The van der Waals surface area contributed by atoms with Crippen LogP contribution in [0.5, 0.6) is 0 Å². The Hall–Kier alpha value is -2.41. The first-order valence-electron chi connectivity index (χ1n) is 9.55. The van der Waals surface area contributed by atoms with Crippen LogP contribution in [0.2, 0.25) is 5.02 Å². The van der Waals surface area contributed by atoms with Crippen LogP contribution in [0.25, 0.3) is 0 Å². The van der Waals surface area contributed by atoms with Crippen LogP contribution in [-0.4, -0.2) is 28.0 Å². The minimum Gasteiger partial charge on any atom is -0.342 e. The summed E-state index contributed by atoms with van der Waals surface area (Å²) in [5.41, 5.74) is -0.860. The zero-order chi connectivity index (χ0) is 22.0. The molecule has 2 N–H and O–H groups in total. The lowest BCUT2D eigenvalue weighted by molar-refractivity contribution is -0.125. The van der Waals surface area contributed by atoms with Gasteiger partial charge in [0.05, 0.1) is 16.1 Å². The molecule has 2 amide bonds. The molecule has 1 aromatic carbocycles. The van der Waals surface area contributed by atoms with E-state index in [4.69, 9.17) is 16.1 Å². The van der Waals surface area contributed by atoms with Crippen LogP contribution in [0, 0.1) is 5.92 Å². The van der Waals surface area contributed by atoms with Crippen LogP contribution in [0.4, 0.5) is 0 Å². The van der Waals surface area contributed by atoms with Crippen LogP contribution in [-0.2, 0) is 15.7 Å². The molecule has 0 bridgehead atoms. The van der Waals surface area contributed by atoms with Gasteiger partial charge < -0.3 is 15.2 Å². The van der Waals surface area contributed by atoms with E-state index < -0.39 is 17.5 Å². The fourth-order valence-corrected chi connectivity index (χ4v) is 2.84. The Bertz CT molecular complexity index is 884. The molecule has 0 aliphatic rings. The monoisotopic (exact) mass is 420 g/mol. The van der Waals surface area contributed by atoms with E-state index in [0.717, 1.165) is 0 Å². The number of nitrogens with zero attached hydrogens (tertiary/aromatic N) is 2. The molecule has 2 aromatic rings. The third-order valence-corrected chi connectivity index (χ3v) is 4.75. The second-order valence-corrected chi connectivity index (χ2v) is 9.37. The Labute approximate surface area is 176 Å². The number of carbonyl (C=O) groups excluding carboxylic acids is 2. The van der Waals surface area contributed by atoms with E-state index in [1.807, 2.05) is 34.6 Å². The van der Waals surface area contributed by atoms with Crippen molar-refractivity contribution in [2.45, 2.75) is 65.5 Å². The van der Waals surface area contributed by atoms with E-state index in [-0.39, 0.29) is 17.2 Å². The maximum absolute atomic E-state index is 13.0. The van der Waals surface area contributed by atoms with Crippen LogP contribution < -0.4 is 10.6 Å². The Morgan fingerprint density at radius 1 is 1.10 bits per heavy atom. The summed E-state index contributed by atoms with van der Waals surface area (Å²) >= 11 is 6.10. The number of aromatic nitrogens is 2. The highest BCUT2D eigenvalue weighted by Crippen LogP contribution is 2.24. The van der Waals surface area contributed by atoms with Gasteiger partial charge in [-0.05, 0) is 31.9 Å². The second kappa shape index (κ2) is 8.53. The predicted molar refractivity (Wildman–Crippen MR) is 112 cm³/mol. The van der Waals surface area contributed by atoms with Crippen molar-refractivity contribution in [1.29, 1.82) is 0 Å². The third-order valence-electron chi connectivity index (χ3n) is 4.42. The predicted octanol–water partition coefficient (Wildman–Crippen LogP) is 3.83. The van der Waals surface area contributed by atoms with E-state index in [1.165, 1.54) is 0 Å². The minimum atomic E-state index is -0.883. The zero-order valence-corrected chi connectivity index (χ0v) is 18.7. The van der Waals surface area contributed by atoms with Crippen LogP contribution in [0.3, 0.4) is 0 Å². The Kier molecular flexibility index (Phi) is 6.73. The summed E-state index contributed by atoms with van der Waals surface area (Å²) in [7, 11) is 0. The number of rotatable bonds is 6. The highest BCUT2D eigenvalue weighted by molar-refractivity contribution is 6.33. The number of hydrogen-bond donors (Lipinski definition) is 2. The highest BCUT2D eigenvalue weighted by atomic mass is 35.5. The van der Waals surface area contributed by atoms with Gasteiger partial charge in [-0.2, -0.15) is 4.98 Å². The number of carbonyl (C=O) groups is 2. The molecule has 1 atom stereocenters. The van der Waals surface area contributed by atoms with Gasteiger partial charge in [-0.1, -0.05) is 63.5 Å². The standard InChI is InChI=1S/C21H29ClN4O3/c1-12(2)15(23-16(27)13-10-8-9-11-14(13)22)17(28)25-21(6,7)18-24-19(29-26-18)20(3,4)5/h8-12,15H,1-7H3,(H,23,27)(H,25,28). The van der Waals surface area contributed by atoms with Gasteiger partial charge in [-0.25, -0.2) is 0 Å². The summed E-state index contributed by atoms with van der Waals surface area (Å²) in [5.74, 6) is -0.0324. The Balaban J connectivity index is 2.17. The van der Waals surface area contributed by atoms with Gasteiger partial charge in [0.2, 0.25) is 11.8 Å². The molecule has 1 heterocycles. The lowest BCUT2D eigenvalue weighted by Crippen LogP contribution is -2.54. The van der Waals surface area contributed by atoms with Gasteiger partial charge in [0.25, 0.3) is 5.91 Å². The smallest absolute Gasteiger partial charge is 0.253 e. The first kappa shape index (κ1) is 22.9. The Morgan fingerprint density at radius 2 is 1.72 bits per heavy atom. The van der Waals surface area contributed by atoms with E-state index >= 15 is 0 Å². The number of halogens is 1. The molecule has 0 saturated heterocycles. The molecular formula is C21H29ClN4O3. The second-order valence-electron chi connectivity index (χ2n) is 8.96. The lowest BCUT2D eigenvalue weighted by atomic mass is 9.96. The summed E-state index contributed by atoms with van der Waals surface area (Å²) in [6.07, 6.45) is 0. The summed E-state index contributed by atoms with van der Waals surface area (Å²) in [6, 6.07) is 5.95. The van der Waals surface area contributed by atoms with Crippen molar-refractivity contribution in [3.8, 4) is 0 Å². The van der Waals surface area contributed by atoms with Crippen LogP contribution in [0.15, 0.2) is 28.8 Å². The van der Waals surface area contributed by atoms with Crippen molar-refractivity contribution in [3.63, 3.8) is 0 Å². The molecule has 0 saturated carbocycles. The fraction of sp³-hybridized carbons (Fsp3) is 0.524. The average Bonchev–Trinajstić information content (AvgIpc) is 3.10. The van der Waals surface area contributed by atoms with Gasteiger partial charge in [0.1, 0.15) is 6.04 Å². The maximum atomic E-state index is 13.0. The van der Waals surface area contributed by atoms with Crippen molar-refractivity contribution in [3.05, 3.63) is 46.6 Å². The van der Waals surface area contributed by atoms with Gasteiger partial charge >= 0.3 is 0 Å². The lowest BCUT2D eigenvalue weighted by Gasteiger charge is -2.28. The average molecular weight is 421 g/mol. The topological polar surface area (TPSA) is 97.1 Å². The first-order valence-corrected chi connectivity index (χ1v) is 9.93. The van der Waals surface area contributed by atoms with Gasteiger partial charge in [0.15, 0.2) is 5.82 Å². The van der Waals surface area contributed by atoms with E-state index in [2.05, 4.69) is 20.8 Å². The summed E-state index contributed by atoms with van der Waals surface area (Å²) in [6.45, 7) is 13.2. The summed E-state index contributed by atoms with van der Waals surface area (Å²) in [4.78, 5) is 30.0. The van der Waals surface area contributed by atoms with Gasteiger partial charge in [-0.3, -0.25) is 9.59 Å². The molecule has 1 unspecified atom stereocenters. The van der Waals surface area contributed by atoms with Gasteiger partial charge in [0, 0.05) is 5.41 Å². The number of benzene rings is 1. The van der Waals surface area contributed by atoms with E-state index in [0.29, 0.717) is 22.3 Å². The van der Waals surface area contributed by atoms with E-state index in [1.54, 1.807) is 38.1 Å². The highest BCUT2D eigenvalue weighted by Gasteiger charge is 2.35. The van der Waals surface area contributed by atoms with E-state index in [9.17, 15) is 9.59 Å². The number of amides is 2. The molecule has 0 aliphatic carbocycles. The van der Waals surface area contributed by atoms with Crippen molar-refractivity contribution in [2.75, 3.05) is 0 Å². The molecule has 2 rings (SSSR count). The van der Waals surface area contributed by atoms with Crippen molar-refractivity contribution in [1.82, 2.24) is 20.8 Å². The summed E-state index contributed by atoms with van der Waals surface area (Å²) < 4.78 is 5.34.